The molecule has 0 radical (unpaired) electrons. The molecule has 2 aromatic carbocycles. The number of ether oxygens (including phenoxy) is 1. The minimum Gasteiger partial charge on any atom is -0.463 e. The van der Waals surface area contributed by atoms with Crippen LogP contribution in [0.25, 0.3) is 10.8 Å². The Hall–Kier alpha value is -2.03. The van der Waals surface area contributed by atoms with Crippen molar-refractivity contribution < 1.29 is 4.74 Å². The van der Waals surface area contributed by atoms with E-state index < -0.39 is 0 Å². The van der Waals surface area contributed by atoms with Crippen molar-refractivity contribution >= 4 is 16.8 Å². The van der Waals surface area contributed by atoms with Gasteiger partial charge in [-0.05, 0) is 47.9 Å². The number of amidine groups is 1. The van der Waals surface area contributed by atoms with Crippen molar-refractivity contribution in [2.24, 2.45) is 10.7 Å². The number of rotatable bonds is 1. The van der Waals surface area contributed by atoms with Crippen LogP contribution in [0.15, 0.2) is 47.5 Å². The Morgan fingerprint density at radius 1 is 1.05 bits per heavy atom. The quantitative estimate of drug-likeness (QED) is 0.868. The summed E-state index contributed by atoms with van der Waals surface area (Å²) in [5.74, 6) is 0.624. The van der Waals surface area contributed by atoms with Gasteiger partial charge in [0.05, 0.1) is 0 Å². The van der Waals surface area contributed by atoms with Gasteiger partial charge in [-0.1, -0.05) is 42.5 Å². The Morgan fingerprint density at radius 3 is 2.57 bits per heavy atom. The van der Waals surface area contributed by atoms with Crippen molar-refractivity contribution in [3.8, 4) is 0 Å². The largest absolute Gasteiger partial charge is 0.463 e. The summed E-state index contributed by atoms with van der Waals surface area (Å²) in [6.45, 7) is 0.668. The van der Waals surface area contributed by atoms with Gasteiger partial charge in [-0.15, -0.1) is 0 Å². The number of aliphatic imine (C=N–C) groups is 1. The third-order valence-corrected chi connectivity index (χ3v) is 5.02. The van der Waals surface area contributed by atoms with Gasteiger partial charge in [0.2, 0.25) is 0 Å². The number of nitrogens with zero attached hydrogens (tertiary/aromatic N) is 1. The second-order valence-corrected chi connectivity index (χ2v) is 6.31. The molecule has 0 atom stereocenters. The summed E-state index contributed by atoms with van der Waals surface area (Å²) in [6, 6.07) is 15.7. The molecule has 0 bridgehead atoms. The van der Waals surface area contributed by atoms with E-state index in [4.69, 9.17) is 10.5 Å². The Bertz CT molecular complexity index is 694. The zero-order valence-electron chi connectivity index (χ0n) is 12.1. The van der Waals surface area contributed by atoms with E-state index in [2.05, 4.69) is 47.5 Å². The van der Waals surface area contributed by atoms with Gasteiger partial charge in [-0.3, -0.25) is 0 Å². The minimum absolute atomic E-state index is 0.0365. The van der Waals surface area contributed by atoms with E-state index in [1.54, 1.807) is 0 Å². The average molecular weight is 280 g/mol. The molecule has 3 nitrogen and oxygen atoms in total. The molecule has 1 heterocycles. The van der Waals surface area contributed by atoms with Crippen LogP contribution in [-0.4, -0.2) is 18.2 Å². The monoisotopic (exact) mass is 280 g/mol. The third kappa shape index (κ3) is 2.17. The van der Waals surface area contributed by atoms with E-state index >= 15 is 0 Å². The first-order valence-electron chi connectivity index (χ1n) is 7.72. The first kappa shape index (κ1) is 12.7. The highest BCUT2D eigenvalue weighted by Crippen LogP contribution is 2.43. The van der Waals surface area contributed by atoms with Crippen LogP contribution in [0.3, 0.4) is 0 Å². The standard InChI is InChI=1S/C18H20N2O/c19-17-20-18(12-21-17)10-8-14(9-11-18)16-7-3-5-13-4-1-2-6-15(13)16/h1-7,14H,8-12H2,(H2,19,20). The minimum atomic E-state index is -0.0365. The van der Waals surface area contributed by atoms with Crippen LogP contribution < -0.4 is 5.73 Å². The lowest BCUT2D eigenvalue weighted by Gasteiger charge is -2.34. The molecule has 4 rings (SSSR count). The molecule has 2 aliphatic rings. The van der Waals surface area contributed by atoms with Crippen molar-refractivity contribution in [1.82, 2.24) is 0 Å². The zero-order chi connectivity index (χ0) is 14.3. The van der Waals surface area contributed by atoms with E-state index in [1.165, 1.54) is 16.3 Å². The molecule has 2 N–H and O–H groups in total. The Morgan fingerprint density at radius 2 is 1.81 bits per heavy atom. The fourth-order valence-electron chi connectivity index (χ4n) is 3.84. The molecule has 0 saturated heterocycles. The number of nitrogens with two attached hydrogens (primary N) is 1. The molecule has 0 aromatic heterocycles. The predicted molar refractivity (Wildman–Crippen MR) is 85.5 cm³/mol. The van der Waals surface area contributed by atoms with Crippen molar-refractivity contribution in [2.75, 3.05) is 6.61 Å². The van der Waals surface area contributed by atoms with Gasteiger partial charge >= 0.3 is 0 Å². The average Bonchev–Trinajstić information content (AvgIpc) is 2.88. The maximum Gasteiger partial charge on any atom is 0.282 e. The SMILES string of the molecule is NC1=NC2(CCC(c3cccc4ccccc34)CC2)CO1. The number of benzene rings is 2. The van der Waals surface area contributed by atoms with Crippen LogP contribution in [0.5, 0.6) is 0 Å². The van der Waals surface area contributed by atoms with Gasteiger partial charge in [-0.25, -0.2) is 4.99 Å². The van der Waals surface area contributed by atoms with Gasteiger partial charge in [0.15, 0.2) is 0 Å². The Labute approximate surface area is 124 Å². The summed E-state index contributed by atoms with van der Waals surface area (Å²) in [4.78, 5) is 4.54. The summed E-state index contributed by atoms with van der Waals surface area (Å²) in [6.07, 6.45) is 4.46. The molecule has 21 heavy (non-hydrogen) atoms. The van der Waals surface area contributed by atoms with Crippen LogP contribution >= 0.6 is 0 Å². The van der Waals surface area contributed by atoms with Gasteiger partial charge in [0, 0.05) is 0 Å². The van der Waals surface area contributed by atoms with Crippen LogP contribution in [0.4, 0.5) is 0 Å². The molecule has 0 amide bonds. The maximum atomic E-state index is 5.69. The summed E-state index contributed by atoms with van der Waals surface area (Å²) >= 11 is 0. The molecule has 108 valence electrons. The second-order valence-electron chi connectivity index (χ2n) is 6.31. The summed E-state index contributed by atoms with van der Waals surface area (Å²) in [5.41, 5.74) is 7.14. The third-order valence-electron chi connectivity index (χ3n) is 5.02. The molecular formula is C18H20N2O. The number of hydrogen-bond donors (Lipinski definition) is 1. The molecular weight excluding hydrogens is 260 g/mol. The molecule has 2 aromatic rings. The van der Waals surface area contributed by atoms with Crippen molar-refractivity contribution in [3.05, 3.63) is 48.0 Å². The Balaban J connectivity index is 1.61. The van der Waals surface area contributed by atoms with E-state index in [-0.39, 0.29) is 5.54 Å². The molecule has 0 unspecified atom stereocenters. The number of fused-ring (bicyclic) bond motifs is 1. The lowest BCUT2D eigenvalue weighted by molar-refractivity contribution is 0.196. The molecule has 3 heteroatoms. The predicted octanol–water partition coefficient (Wildman–Crippen LogP) is 3.58. The van der Waals surface area contributed by atoms with Crippen LogP contribution in [0.2, 0.25) is 0 Å². The smallest absolute Gasteiger partial charge is 0.282 e. The van der Waals surface area contributed by atoms with Gasteiger partial charge in [0.25, 0.3) is 6.02 Å². The van der Waals surface area contributed by atoms with Crippen molar-refractivity contribution in [2.45, 2.75) is 37.1 Å². The van der Waals surface area contributed by atoms with Gasteiger partial charge in [-0.2, -0.15) is 0 Å². The lowest BCUT2D eigenvalue weighted by atomic mass is 9.74. The molecule has 1 aliphatic carbocycles. The Kier molecular flexibility index (Phi) is 2.88. The maximum absolute atomic E-state index is 5.69. The topological polar surface area (TPSA) is 47.6 Å². The van der Waals surface area contributed by atoms with E-state index in [1.807, 2.05) is 0 Å². The fraction of sp³-hybridized carbons (Fsp3) is 0.389. The van der Waals surface area contributed by atoms with E-state index in [9.17, 15) is 0 Å². The highest BCUT2D eigenvalue weighted by Gasteiger charge is 2.40. The highest BCUT2D eigenvalue weighted by molar-refractivity contribution is 5.86. The molecule has 1 spiro atoms. The summed E-state index contributed by atoms with van der Waals surface area (Å²) in [7, 11) is 0. The van der Waals surface area contributed by atoms with Crippen molar-refractivity contribution in [1.29, 1.82) is 0 Å². The van der Waals surface area contributed by atoms with Crippen molar-refractivity contribution in [3.63, 3.8) is 0 Å². The van der Waals surface area contributed by atoms with Crippen LogP contribution in [0, 0.1) is 0 Å². The van der Waals surface area contributed by atoms with Gasteiger partial charge < -0.3 is 10.5 Å². The normalized spacial score (nSPS) is 28.6. The molecule has 1 saturated carbocycles. The molecule has 1 aliphatic heterocycles. The summed E-state index contributed by atoms with van der Waals surface area (Å²) < 4.78 is 5.39. The highest BCUT2D eigenvalue weighted by atomic mass is 16.5. The number of hydrogen-bond acceptors (Lipinski definition) is 3. The second kappa shape index (κ2) is 4.76. The first-order valence-corrected chi connectivity index (χ1v) is 7.72. The summed E-state index contributed by atoms with van der Waals surface area (Å²) in [5, 5.41) is 2.73. The van der Waals surface area contributed by atoms with Gasteiger partial charge in [0.1, 0.15) is 12.1 Å². The molecule has 1 fully saturated rings. The first-order chi connectivity index (χ1) is 10.3. The van der Waals surface area contributed by atoms with Crippen LogP contribution in [-0.2, 0) is 4.74 Å². The van der Waals surface area contributed by atoms with E-state index in [0.717, 1.165) is 25.7 Å². The van der Waals surface area contributed by atoms with Crippen LogP contribution in [0.1, 0.15) is 37.2 Å². The lowest BCUT2D eigenvalue weighted by Crippen LogP contribution is -2.33. The fourth-order valence-corrected chi connectivity index (χ4v) is 3.84. The van der Waals surface area contributed by atoms with E-state index in [0.29, 0.717) is 18.5 Å². The zero-order valence-corrected chi connectivity index (χ0v) is 12.1.